The van der Waals surface area contributed by atoms with Gasteiger partial charge in [0.1, 0.15) is 11.7 Å². The van der Waals surface area contributed by atoms with Crippen molar-refractivity contribution in [3.63, 3.8) is 0 Å². The Morgan fingerprint density at radius 3 is 2.34 bits per heavy atom. The first-order chi connectivity index (χ1) is 17.0. The lowest BCUT2D eigenvalue weighted by Crippen LogP contribution is -2.57. The van der Waals surface area contributed by atoms with Crippen molar-refractivity contribution in [3.8, 4) is 0 Å². The maximum Gasteiger partial charge on any atom is 0.122 e. The molecule has 0 radical (unpaired) electrons. The minimum absolute atomic E-state index is 0.270. The van der Waals surface area contributed by atoms with E-state index in [1.54, 1.807) is 0 Å². The Balaban J connectivity index is 1.64. The van der Waals surface area contributed by atoms with Gasteiger partial charge in [0.25, 0.3) is 0 Å². The van der Waals surface area contributed by atoms with Gasteiger partial charge in [0.2, 0.25) is 0 Å². The molecule has 186 valence electrons. The Bertz CT molecular complexity index is 1050. The summed E-state index contributed by atoms with van der Waals surface area (Å²) in [7, 11) is 0. The van der Waals surface area contributed by atoms with Gasteiger partial charge in [0, 0.05) is 29.1 Å². The number of halogens is 2. The number of β-amino-alcohol motifs (C(OH)–C–C–N with tert-alkyl or cyclic N) is 1. The zero-order valence-electron chi connectivity index (χ0n) is 19.5. The van der Waals surface area contributed by atoms with Crippen LogP contribution in [0.15, 0.2) is 83.3 Å². The number of hydrogen-bond donors (Lipinski definition) is 2. The predicted octanol–water partition coefficient (Wildman–Crippen LogP) is 5.16. The van der Waals surface area contributed by atoms with E-state index in [0.29, 0.717) is 44.3 Å². The Morgan fingerprint density at radius 2 is 1.66 bits per heavy atom. The third-order valence-electron chi connectivity index (χ3n) is 6.46. The van der Waals surface area contributed by atoms with Gasteiger partial charge in [-0.25, -0.2) is 0 Å². The summed E-state index contributed by atoms with van der Waals surface area (Å²) in [4.78, 5) is 2.13. The first-order valence-corrected chi connectivity index (χ1v) is 13.0. The molecule has 0 aromatic heterocycles. The van der Waals surface area contributed by atoms with Crippen LogP contribution in [0.2, 0.25) is 5.02 Å². The summed E-state index contributed by atoms with van der Waals surface area (Å²) in [6.07, 6.45) is -0.434. The average molecular weight is 561 g/mol. The normalized spacial score (nSPS) is 21.7. The zero-order valence-corrected chi connectivity index (χ0v) is 21.9. The first-order valence-electron chi connectivity index (χ1n) is 11.8. The molecule has 0 spiro atoms. The molecule has 4 rings (SSSR count). The number of aliphatic hydroxyl groups is 2. The maximum absolute atomic E-state index is 10.1. The molecular formula is C28H31BrClNO4. The summed E-state index contributed by atoms with van der Waals surface area (Å²) < 4.78 is 14.4. The van der Waals surface area contributed by atoms with E-state index < -0.39 is 11.7 Å². The Kier molecular flexibility index (Phi) is 9.36. The van der Waals surface area contributed by atoms with E-state index in [-0.39, 0.29) is 12.7 Å². The van der Waals surface area contributed by atoms with Crippen molar-refractivity contribution in [2.75, 3.05) is 26.2 Å². The lowest BCUT2D eigenvalue weighted by atomic mass is 9.81. The van der Waals surface area contributed by atoms with Crippen LogP contribution in [-0.4, -0.2) is 53.6 Å². The second-order valence-corrected chi connectivity index (χ2v) is 10.3. The summed E-state index contributed by atoms with van der Waals surface area (Å²) >= 11 is 9.71. The second kappa shape index (κ2) is 12.5. The average Bonchev–Trinajstić information content (AvgIpc) is 2.89. The first kappa shape index (κ1) is 26.3. The SMILES string of the molecule is OCC(O)CN1CCC(OCc2ccccc2)(c2ccc(Cl)cc2)C(OCc2ccc(Br)cc2)C1. The largest absolute Gasteiger partial charge is 0.394 e. The quantitative estimate of drug-likeness (QED) is 0.359. The molecule has 1 fully saturated rings. The van der Waals surface area contributed by atoms with E-state index in [1.807, 2.05) is 66.7 Å². The van der Waals surface area contributed by atoms with Crippen LogP contribution in [0.1, 0.15) is 23.1 Å². The number of piperidine rings is 1. The van der Waals surface area contributed by atoms with E-state index >= 15 is 0 Å². The summed E-state index contributed by atoms with van der Waals surface area (Å²) in [5.41, 5.74) is 2.47. The monoisotopic (exact) mass is 559 g/mol. The Hall–Kier alpha value is -1.77. The summed E-state index contributed by atoms with van der Waals surface area (Å²) in [5, 5.41) is 20.1. The molecule has 1 heterocycles. The predicted molar refractivity (Wildman–Crippen MR) is 141 cm³/mol. The molecule has 35 heavy (non-hydrogen) atoms. The molecule has 0 aliphatic carbocycles. The van der Waals surface area contributed by atoms with Crippen LogP contribution in [0.5, 0.6) is 0 Å². The van der Waals surface area contributed by atoms with E-state index in [2.05, 4.69) is 33.0 Å². The Morgan fingerprint density at radius 1 is 0.971 bits per heavy atom. The van der Waals surface area contributed by atoms with E-state index in [0.717, 1.165) is 21.2 Å². The van der Waals surface area contributed by atoms with Gasteiger partial charge in [-0.15, -0.1) is 0 Å². The molecule has 0 amide bonds. The van der Waals surface area contributed by atoms with Crippen molar-refractivity contribution in [1.29, 1.82) is 0 Å². The van der Waals surface area contributed by atoms with E-state index in [1.165, 1.54) is 0 Å². The van der Waals surface area contributed by atoms with E-state index in [9.17, 15) is 10.2 Å². The zero-order chi connectivity index (χ0) is 24.7. The molecule has 1 saturated heterocycles. The van der Waals surface area contributed by atoms with Crippen molar-refractivity contribution < 1.29 is 19.7 Å². The van der Waals surface area contributed by atoms with Gasteiger partial charge in [0.15, 0.2) is 0 Å². The molecule has 3 atom stereocenters. The highest BCUT2D eigenvalue weighted by atomic mass is 79.9. The number of nitrogens with zero attached hydrogens (tertiary/aromatic N) is 1. The van der Waals surface area contributed by atoms with Crippen LogP contribution in [0.3, 0.4) is 0 Å². The lowest BCUT2D eigenvalue weighted by Gasteiger charge is -2.48. The topological polar surface area (TPSA) is 62.2 Å². The number of hydrogen-bond acceptors (Lipinski definition) is 5. The van der Waals surface area contributed by atoms with Crippen LogP contribution in [-0.2, 0) is 28.3 Å². The number of ether oxygens (including phenoxy) is 2. The highest BCUT2D eigenvalue weighted by Crippen LogP contribution is 2.40. The lowest BCUT2D eigenvalue weighted by molar-refractivity contribution is -0.195. The molecule has 3 unspecified atom stereocenters. The van der Waals surface area contributed by atoms with Gasteiger partial charge in [-0.1, -0.05) is 82.1 Å². The van der Waals surface area contributed by atoms with Crippen molar-refractivity contribution in [3.05, 3.63) is 105 Å². The molecule has 5 nitrogen and oxygen atoms in total. The molecule has 3 aromatic carbocycles. The Labute approximate surface area is 220 Å². The van der Waals surface area contributed by atoms with Crippen molar-refractivity contribution in [1.82, 2.24) is 4.90 Å². The molecular weight excluding hydrogens is 530 g/mol. The number of aliphatic hydroxyl groups excluding tert-OH is 2. The van der Waals surface area contributed by atoms with Crippen LogP contribution in [0.4, 0.5) is 0 Å². The van der Waals surface area contributed by atoms with Gasteiger partial charge in [-0.3, -0.25) is 4.90 Å². The number of rotatable bonds is 10. The van der Waals surface area contributed by atoms with Crippen LogP contribution in [0.25, 0.3) is 0 Å². The number of benzene rings is 3. The molecule has 0 saturated carbocycles. The fourth-order valence-electron chi connectivity index (χ4n) is 4.54. The minimum atomic E-state index is -0.796. The summed E-state index contributed by atoms with van der Waals surface area (Å²) in [6, 6.07) is 26.0. The molecule has 3 aromatic rings. The van der Waals surface area contributed by atoms with Crippen LogP contribution >= 0.6 is 27.5 Å². The minimum Gasteiger partial charge on any atom is -0.394 e. The highest BCUT2D eigenvalue weighted by Gasteiger charge is 2.46. The van der Waals surface area contributed by atoms with Crippen molar-refractivity contribution >= 4 is 27.5 Å². The highest BCUT2D eigenvalue weighted by molar-refractivity contribution is 9.10. The van der Waals surface area contributed by atoms with Gasteiger partial charge >= 0.3 is 0 Å². The van der Waals surface area contributed by atoms with Gasteiger partial charge in [0.05, 0.1) is 25.9 Å². The van der Waals surface area contributed by atoms with Crippen molar-refractivity contribution in [2.45, 2.75) is 37.4 Å². The van der Waals surface area contributed by atoms with E-state index in [4.69, 9.17) is 21.1 Å². The fourth-order valence-corrected chi connectivity index (χ4v) is 4.93. The standard InChI is InChI=1S/C28H31BrClNO4/c29-24-10-6-22(7-11-24)19-34-27-17-31(16-26(33)18-32)15-14-28(27,23-8-12-25(30)13-9-23)35-20-21-4-2-1-3-5-21/h1-13,26-27,32-33H,14-20H2. The summed E-state index contributed by atoms with van der Waals surface area (Å²) in [5.74, 6) is 0. The molecule has 0 bridgehead atoms. The smallest absolute Gasteiger partial charge is 0.122 e. The maximum atomic E-state index is 10.1. The van der Waals surface area contributed by atoms with Crippen LogP contribution in [0, 0.1) is 0 Å². The van der Waals surface area contributed by atoms with Gasteiger partial charge in [-0.05, 0) is 47.4 Å². The number of likely N-dealkylation sites (tertiary alicyclic amines) is 1. The van der Waals surface area contributed by atoms with Gasteiger partial charge < -0.3 is 19.7 Å². The fraction of sp³-hybridized carbons (Fsp3) is 0.357. The molecule has 1 aliphatic rings. The molecule has 1 aliphatic heterocycles. The second-order valence-electron chi connectivity index (χ2n) is 8.94. The third-order valence-corrected chi connectivity index (χ3v) is 7.24. The third kappa shape index (κ3) is 6.92. The summed E-state index contributed by atoms with van der Waals surface area (Å²) in [6.45, 7) is 2.24. The van der Waals surface area contributed by atoms with Gasteiger partial charge in [-0.2, -0.15) is 0 Å². The van der Waals surface area contributed by atoms with Crippen molar-refractivity contribution in [2.24, 2.45) is 0 Å². The molecule has 7 heteroatoms. The van der Waals surface area contributed by atoms with Crippen LogP contribution < -0.4 is 0 Å². The molecule has 2 N–H and O–H groups in total.